The van der Waals surface area contributed by atoms with E-state index in [1.54, 1.807) is 37.6 Å². The van der Waals surface area contributed by atoms with Crippen molar-refractivity contribution in [2.45, 2.75) is 65.1 Å². The fraction of sp³-hybridized carbons (Fsp3) is 0.484. The van der Waals surface area contributed by atoms with E-state index in [4.69, 9.17) is 9.72 Å². The molecule has 212 valence electrons. The number of likely N-dealkylation sites (tertiary alicyclic amines) is 2. The molecule has 0 saturated carbocycles. The number of imidazole rings is 1. The van der Waals surface area contributed by atoms with Crippen LogP contribution in [0, 0.1) is 13.8 Å². The van der Waals surface area contributed by atoms with Crippen LogP contribution in [-0.4, -0.2) is 75.5 Å². The maximum absolute atomic E-state index is 13.4. The first-order valence-corrected chi connectivity index (χ1v) is 14.3. The first-order chi connectivity index (χ1) is 19.4. The summed E-state index contributed by atoms with van der Waals surface area (Å²) in [5.41, 5.74) is 5.48. The molecular formula is C31H40N6O3. The van der Waals surface area contributed by atoms with Crippen molar-refractivity contribution < 1.29 is 14.3 Å². The highest BCUT2D eigenvalue weighted by Crippen LogP contribution is 2.33. The van der Waals surface area contributed by atoms with Crippen LogP contribution in [0.5, 0.6) is 0 Å². The van der Waals surface area contributed by atoms with E-state index >= 15 is 0 Å². The van der Waals surface area contributed by atoms with Crippen molar-refractivity contribution >= 4 is 28.8 Å². The van der Waals surface area contributed by atoms with Crippen LogP contribution in [0.15, 0.2) is 42.6 Å². The smallest absolute Gasteiger partial charge is 0.258 e. The Labute approximate surface area is 236 Å². The Morgan fingerprint density at radius 2 is 1.98 bits per heavy atom. The monoisotopic (exact) mass is 544 g/mol. The second kappa shape index (κ2) is 12.3. The van der Waals surface area contributed by atoms with Gasteiger partial charge in [0.2, 0.25) is 11.9 Å². The Morgan fingerprint density at radius 3 is 2.73 bits per heavy atom. The lowest BCUT2D eigenvalue weighted by atomic mass is 10.1. The number of fused-ring (bicyclic) bond motifs is 1. The maximum Gasteiger partial charge on any atom is 0.258 e. The van der Waals surface area contributed by atoms with E-state index in [1.165, 1.54) is 5.56 Å². The molecule has 0 bridgehead atoms. The zero-order chi connectivity index (χ0) is 28.2. The molecule has 5 rings (SSSR count). The summed E-state index contributed by atoms with van der Waals surface area (Å²) >= 11 is 0. The maximum atomic E-state index is 13.4. The normalized spacial score (nSPS) is 20.4. The predicted molar refractivity (Wildman–Crippen MR) is 156 cm³/mol. The molecule has 2 amide bonds. The Kier molecular flexibility index (Phi) is 8.61. The summed E-state index contributed by atoms with van der Waals surface area (Å²) in [6, 6.07) is 7.85. The van der Waals surface area contributed by atoms with Gasteiger partial charge in [0.05, 0.1) is 23.2 Å². The molecule has 0 unspecified atom stereocenters. The molecule has 2 fully saturated rings. The molecular weight excluding hydrogens is 504 g/mol. The first kappa shape index (κ1) is 28.0. The van der Waals surface area contributed by atoms with E-state index in [1.807, 2.05) is 18.7 Å². The molecule has 2 saturated heterocycles. The fourth-order valence-electron chi connectivity index (χ4n) is 6.07. The molecule has 4 heterocycles. The summed E-state index contributed by atoms with van der Waals surface area (Å²) in [6.45, 7) is 9.91. The van der Waals surface area contributed by atoms with Gasteiger partial charge in [0, 0.05) is 57.3 Å². The lowest BCUT2D eigenvalue weighted by molar-refractivity contribution is -0.126. The minimum Gasteiger partial charge on any atom is -0.380 e. The van der Waals surface area contributed by atoms with Gasteiger partial charge < -0.3 is 14.2 Å². The second-order valence-corrected chi connectivity index (χ2v) is 11.0. The third-order valence-electron chi connectivity index (χ3n) is 8.02. The van der Waals surface area contributed by atoms with Crippen LogP contribution < -0.4 is 5.32 Å². The van der Waals surface area contributed by atoms with E-state index in [0.29, 0.717) is 18.1 Å². The molecule has 0 aliphatic carbocycles. The lowest BCUT2D eigenvalue weighted by Gasteiger charge is -2.26. The molecule has 1 aromatic carbocycles. The number of allylic oxidation sites excluding steroid dienone is 1. The number of methoxy groups -OCH3 is 1. The van der Waals surface area contributed by atoms with E-state index < -0.39 is 0 Å². The number of nitrogens with zero attached hydrogens (tertiary/aromatic N) is 5. The zero-order valence-corrected chi connectivity index (χ0v) is 24.0. The van der Waals surface area contributed by atoms with Gasteiger partial charge in [0.25, 0.3) is 5.91 Å². The zero-order valence-electron chi connectivity index (χ0n) is 24.0. The van der Waals surface area contributed by atoms with Crippen molar-refractivity contribution in [3.8, 4) is 0 Å². The number of nitrogens with one attached hydrogen (secondary N) is 1. The number of carbonyl (C=O) groups excluding carboxylic acids is 2. The van der Waals surface area contributed by atoms with Crippen LogP contribution in [0.4, 0.5) is 5.95 Å². The molecule has 2 aliphatic rings. The van der Waals surface area contributed by atoms with Crippen molar-refractivity contribution in [2.24, 2.45) is 0 Å². The highest BCUT2D eigenvalue weighted by molar-refractivity contribution is 6.04. The lowest BCUT2D eigenvalue weighted by Crippen LogP contribution is -2.34. The van der Waals surface area contributed by atoms with Gasteiger partial charge in [0.15, 0.2) is 0 Å². The summed E-state index contributed by atoms with van der Waals surface area (Å²) in [5, 5.41) is 3.10. The Bertz CT molecular complexity index is 1410. The van der Waals surface area contributed by atoms with Crippen molar-refractivity contribution in [3.63, 3.8) is 0 Å². The number of benzene rings is 1. The summed E-state index contributed by atoms with van der Waals surface area (Å²) in [4.78, 5) is 39.8. The van der Waals surface area contributed by atoms with Gasteiger partial charge in [-0.3, -0.25) is 24.8 Å². The predicted octanol–water partition coefficient (Wildman–Crippen LogP) is 4.65. The SMILES string of the molecule is CC=CC(=O)N1CCCC[C@@H](n2c(NC(=O)c3ccnc(C)c3)nc3cc(CN4CC[C@@H](OC)C4)cc(C)c32)C1. The van der Waals surface area contributed by atoms with Crippen LogP contribution >= 0.6 is 0 Å². The second-order valence-electron chi connectivity index (χ2n) is 11.0. The van der Waals surface area contributed by atoms with Crippen molar-refractivity contribution in [2.75, 3.05) is 38.6 Å². The first-order valence-electron chi connectivity index (χ1n) is 14.3. The number of hydrogen-bond donors (Lipinski definition) is 1. The fourth-order valence-corrected chi connectivity index (χ4v) is 6.07. The topological polar surface area (TPSA) is 92.6 Å². The molecule has 3 aromatic rings. The number of carbonyl (C=O) groups is 2. The Balaban J connectivity index is 1.53. The molecule has 2 aromatic heterocycles. The van der Waals surface area contributed by atoms with E-state index in [9.17, 15) is 9.59 Å². The number of pyridine rings is 1. The number of anilines is 1. The minimum atomic E-state index is -0.224. The van der Waals surface area contributed by atoms with Gasteiger partial charge in [-0.2, -0.15) is 0 Å². The van der Waals surface area contributed by atoms with Gasteiger partial charge in [-0.25, -0.2) is 4.98 Å². The molecule has 2 aliphatic heterocycles. The summed E-state index contributed by atoms with van der Waals surface area (Å²) < 4.78 is 7.72. The largest absolute Gasteiger partial charge is 0.380 e. The van der Waals surface area contributed by atoms with Crippen LogP contribution in [0.3, 0.4) is 0 Å². The number of hydrogen-bond acceptors (Lipinski definition) is 6. The van der Waals surface area contributed by atoms with Crippen molar-refractivity contribution in [1.82, 2.24) is 24.3 Å². The van der Waals surface area contributed by atoms with Gasteiger partial charge in [-0.05, 0) is 81.9 Å². The molecule has 9 heteroatoms. The standard InChI is InChI=1S/C31H40N6O3/c1-5-8-28(38)36-13-7-6-9-25(19-36)37-29-21(2)15-23(18-35-14-11-26(20-35)40-4)17-27(29)33-31(37)34-30(39)24-10-12-32-22(3)16-24/h5,8,10,12,15-17,25-26H,6-7,9,11,13-14,18-20H2,1-4H3,(H,33,34,39)/t25-,26-/m1/s1. The third-order valence-corrected chi connectivity index (χ3v) is 8.02. The molecule has 9 nitrogen and oxygen atoms in total. The van der Waals surface area contributed by atoms with E-state index in [2.05, 4.69) is 38.8 Å². The molecule has 1 N–H and O–H groups in total. The molecule has 0 radical (unpaired) electrons. The van der Waals surface area contributed by atoms with E-state index in [-0.39, 0.29) is 24.0 Å². The molecule has 40 heavy (non-hydrogen) atoms. The summed E-state index contributed by atoms with van der Waals surface area (Å²) in [7, 11) is 1.78. The average Bonchev–Trinajstić information content (AvgIpc) is 3.44. The van der Waals surface area contributed by atoms with Crippen molar-refractivity contribution in [3.05, 3.63) is 65.0 Å². The number of aryl methyl sites for hydroxylation is 2. The number of rotatable bonds is 7. The van der Waals surface area contributed by atoms with Gasteiger partial charge in [0.1, 0.15) is 0 Å². The van der Waals surface area contributed by atoms with Crippen LogP contribution in [-0.2, 0) is 16.1 Å². The Morgan fingerprint density at radius 1 is 1.12 bits per heavy atom. The highest BCUT2D eigenvalue weighted by Gasteiger charge is 2.28. The number of amides is 2. The van der Waals surface area contributed by atoms with Gasteiger partial charge in [-0.1, -0.05) is 12.1 Å². The minimum absolute atomic E-state index is 0.0122. The Hall–Kier alpha value is -3.56. The van der Waals surface area contributed by atoms with Gasteiger partial charge >= 0.3 is 0 Å². The summed E-state index contributed by atoms with van der Waals surface area (Å²) in [5.74, 6) is 0.314. The highest BCUT2D eigenvalue weighted by atomic mass is 16.5. The quantitative estimate of drug-likeness (QED) is 0.436. The number of aromatic nitrogens is 3. The van der Waals surface area contributed by atoms with Crippen molar-refractivity contribution in [1.29, 1.82) is 0 Å². The number of ether oxygens (including phenoxy) is 1. The van der Waals surface area contributed by atoms with E-state index in [0.717, 1.165) is 74.2 Å². The summed E-state index contributed by atoms with van der Waals surface area (Å²) in [6.07, 6.45) is 9.24. The van der Waals surface area contributed by atoms with Crippen LogP contribution in [0.1, 0.15) is 65.8 Å². The van der Waals surface area contributed by atoms with Crippen LogP contribution in [0.2, 0.25) is 0 Å². The van der Waals surface area contributed by atoms with Gasteiger partial charge in [-0.15, -0.1) is 0 Å². The molecule has 2 atom stereocenters. The molecule has 0 spiro atoms. The van der Waals surface area contributed by atoms with Crippen LogP contribution in [0.25, 0.3) is 11.0 Å². The third kappa shape index (κ3) is 6.10. The average molecular weight is 545 g/mol.